The molecule has 1 saturated heterocycles. The Balaban J connectivity index is 1.63. The van der Waals surface area contributed by atoms with Crippen molar-refractivity contribution in [3.8, 4) is 11.6 Å². The van der Waals surface area contributed by atoms with E-state index in [0.717, 1.165) is 0 Å². The van der Waals surface area contributed by atoms with Crippen LogP contribution in [0.2, 0.25) is 5.02 Å². The molecule has 1 aliphatic heterocycles. The predicted molar refractivity (Wildman–Crippen MR) is 126 cm³/mol. The fraction of sp³-hybridized carbons (Fsp3) is 0.250. The van der Waals surface area contributed by atoms with Crippen LogP contribution in [0, 0.1) is 5.82 Å². The molecule has 0 aliphatic carbocycles. The van der Waals surface area contributed by atoms with Crippen molar-refractivity contribution in [1.29, 1.82) is 0 Å². The number of carbonyl (C=O) groups is 2. The number of nitrogens with one attached hydrogen (secondary N) is 1. The summed E-state index contributed by atoms with van der Waals surface area (Å²) in [6, 6.07) is 11.5. The number of halogens is 2. The largest absolute Gasteiger partial charge is 0.501 e. The Morgan fingerprint density at radius 3 is 2.54 bits per heavy atom. The van der Waals surface area contributed by atoms with Crippen LogP contribution < -0.4 is 5.32 Å². The van der Waals surface area contributed by atoms with Gasteiger partial charge in [0.05, 0.1) is 10.6 Å². The number of aromatic nitrogens is 2. The summed E-state index contributed by atoms with van der Waals surface area (Å²) in [5.74, 6) is -3.07. The van der Waals surface area contributed by atoms with Crippen LogP contribution in [-0.2, 0) is 6.54 Å². The summed E-state index contributed by atoms with van der Waals surface area (Å²) >= 11 is 6.23. The predicted octanol–water partition coefficient (Wildman–Crippen LogP) is 2.74. The van der Waals surface area contributed by atoms with Crippen molar-refractivity contribution in [2.75, 3.05) is 26.7 Å². The highest BCUT2D eigenvalue weighted by Gasteiger charge is 2.35. The van der Waals surface area contributed by atoms with Crippen molar-refractivity contribution < 1.29 is 24.2 Å². The minimum atomic E-state index is -0.779. The lowest BCUT2D eigenvalue weighted by Gasteiger charge is -2.39. The van der Waals surface area contributed by atoms with E-state index in [2.05, 4.69) is 15.3 Å². The number of hydrogen-bond acceptors (Lipinski definition) is 7. The van der Waals surface area contributed by atoms with Gasteiger partial charge in [-0.1, -0.05) is 35.9 Å². The fourth-order valence-electron chi connectivity index (χ4n) is 3.81. The van der Waals surface area contributed by atoms with Crippen LogP contribution in [0.1, 0.15) is 38.3 Å². The first-order valence-corrected chi connectivity index (χ1v) is 11.2. The van der Waals surface area contributed by atoms with E-state index in [4.69, 9.17) is 11.6 Å². The SMILES string of the molecule is CN1CCN(C(=O)c2ccccc2Cl)C(c2nc(O)c(O)c(C(=O)NCc3ccc(F)cc3)n2)C1. The van der Waals surface area contributed by atoms with E-state index in [0.29, 0.717) is 35.8 Å². The Morgan fingerprint density at radius 1 is 1.11 bits per heavy atom. The Labute approximate surface area is 205 Å². The molecule has 0 saturated carbocycles. The third-order valence-corrected chi connectivity index (χ3v) is 6.04. The van der Waals surface area contributed by atoms with Crippen LogP contribution in [0.15, 0.2) is 48.5 Å². The maximum absolute atomic E-state index is 13.3. The quantitative estimate of drug-likeness (QED) is 0.494. The number of nitrogens with zero attached hydrogens (tertiary/aromatic N) is 4. The van der Waals surface area contributed by atoms with Crippen LogP contribution >= 0.6 is 11.6 Å². The van der Waals surface area contributed by atoms with Gasteiger partial charge in [-0.25, -0.2) is 9.37 Å². The van der Waals surface area contributed by atoms with Crippen LogP contribution in [0.5, 0.6) is 11.6 Å². The molecule has 11 heteroatoms. The summed E-state index contributed by atoms with van der Waals surface area (Å²) in [7, 11) is 1.86. The van der Waals surface area contributed by atoms with E-state index in [1.807, 2.05) is 11.9 Å². The van der Waals surface area contributed by atoms with Gasteiger partial charge in [0.2, 0.25) is 5.75 Å². The van der Waals surface area contributed by atoms with E-state index < -0.39 is 35.1 Å². The zero-order chi connectivity index (χ0) is 25.1. The lowest BCUT2D eigenvalue weighted by Crippen LogP contribution is -2.50. The number of piperazine rings is 1. The first kappa shape index (κ1) is 24.4. The molecule has 1 unspecified atom stereocenters. The van der Waals surface area contributed by atoms with Crippen LogP contribution in [0.4, 0.5) is 4.39 Å². The second-order valence-electron chi connectivity index (χ2n) is 8.17. The molecule has 182 valence electrons. The van der Waals surface area contributed by atoms with Crippen molar-refractivity contribution in [2.45, 2.75) is 12.6 Å². The number of likely N-dealkylation sites (N-methyl/N-ethyl adjacent to an activating group) is 1. The lowest BCUT2D eigenvalue weighted by atomic mass is 10.1. The summed E-state index contributed by atoms with van der Waals surface area (Å²) < 4.78 is 13.1. The highest BCUT2D eigenvalue weighted by atomic mass is 35.5. The van der Waals surface area contributed by atoms with Gasteiger partial charge in [-0.3, -0.25) is 9.59 Å². The monoisotopic (exact) mass is 499 g/mol. The molecule has 0 bridgehead atoms. The standard InChI is InChI=1S/C24H23ClFN5O4/c1-30-10-11-31(24(35)16-4-2-3-5-17(16)25)18(13-30)21-28-19(20(32)23(34)29-21)22(33)27-12-14-6-8-15(26)9-7-14/h2-9,18,32H,10-13H2,1H3,(H,27,33)(H,28,29,34). The van der Waals surface area contributed by atoms with E-state index in [-0.39, 0.29) is 18.3 Å². The average molecular weight is 500 g/mol. The fourth-order valence-corrected chi connectivity index (χ4v) is 4.02. The van der Waals surface area contributed by atoms with Gasteiger partial charge in [0.1, 0.15) is 11.9 Å². The number of benzene rings is 2. The van der Waals surface area contributed by atoms with Gasteiger partial charge in [0, 0.05) is 26.2 Å². The molecule has 0 spiro atoms. The van der Waals surface area contributed by atoms with E-state index in [9.17, 15) is 24.2 Å². The summed E-state index contributed by atoms with van der Waals surface area (Å²) in [5.41, 5.74) is 0.500. The van der Waals surface area contributed by atoms with Crippen LogP contribution in [0.25, 0.3) is 0 Å². The molecule has 2 amide bonds. The number of aromatic hydroxyl groups is 2. The van der Waals surface area contributed by atoms with Gasteiger partial charge in [0.25, 0.3) is 17.7 Å². The molecule has 1 atom stereocenters. The van der Waals surface area contributed by atoms with Gasteiger partial charge in [-0.15, -0.1) is 0 Å². The van der Waals surface area contributed by atoms with Gasteiger partial charge in [-0.05, 0) is 36.9 Å². The number of rotatable bonds is 5. The van der Waals surface area contributed by atoms with Crippen LogP contribution in [0.3, 0.4) is 0 Å². The van der Waals surface area contributed by atoms with E-state index in [1.54, 1.807) is 24.3 Å². The van der Waals surface area contributed by atoms with Gasteiger partial charge < -0.3 is 25.3 Å². The Bertz CT molecular complexity index is 1260. The van der Waals surface area contributed by atoms with Gasteiger partial charge in [0.15, 0.2) is 11.5 Å². The maximum Gasteiger partial charge on any atom is 0.274 e. The van der Waals surface area contributed by atoms with Crippen molar-refractivity contribution in [3.63, 3.8) is 0 Å². The second kappa shape index (κ2) is 10.2. The van der Waals surface area contributed by atoms with Crippen molar-refractivity contribution in [1.82, 2.24) is 25.1 Å². The number of amides is 2. The molecular formula is C24H23ClFN5O4. The second-order valence-corrected chi connectivity index (χ2v) is 8.58. The first-order valence-electron chi connectivity index (χ1n) is 10.8. The third kappa shape index (κ3) is 5.33. The zero-order valence-corrected chi connectivity index (χ0v) is 19.5. The minimum Gasteiger partial charge on any atom is -0.501 e. The molecule has 35 heavy (non-hydrogen) atoms. The highest BCUT2D eigenvalue weighted by Crippen LogP contribution is 2.31. The lowest BCUT2D eigenvalue weighted by molar-refractivity contribution is 0.0479. The zero-order valence-electron chi connectivity index (χ0n) is 18.8. The molecule has 1 aliphatic rings. The minimum absolute atomic E-state index is 0.000754. The van der Waals surface area contributed by atoms with Crippen LogP contribution in [-0.4, -0.2) is 68.5 Å². The van der Waals surface area contributed by atoms with Crippen molar-refractivity contribution >= 4 is 23.4 Å². The molecule has 1 fully saturated rings. The van der Waals surface area contributed by atoms with E-state index in [1.165, 1.54) is 29.2 Å². The molecule has 2 aromatic carbocycles. The molecule has 0 radical (unpaired) electrons. The maximum atomic E-state index is 13.3. The number of carbonyl (C=O) groups excluding carboxylic acids is 2. The molecule has 3 N–H and O–H groups in total. The number of hydrogen-bond donors (Lipinski definition) is 3. The van der Waals surface area contributed by atoms with E-state index >= 15 is 0 Å². The Morgan fingerprint density at radius 2 is 1.83 bits per heavy atom. The van der Waals surface area contributed by atoms with Crippen molar-refractivity contribution in [2.24, 2.45) is 0 Å². The molecule has 9 nitrogen and oxygen atoms in total. The molecule has 4 rings (SSSR count). The normalized spacial score (nSPS) is 16.2. The highest BCUT2D eigenvalue weighted by molar-refractivity contribution is 6.33. The summed E-state index contributed by atoms with van der Waals surface area (Å²) in [6.45, 7) is 1.29. The topological polar surface area (TPSA) is 119 Å². The molecular weight excluding hydrogens is 477 g/mol. The third-order valence-electron chi connectivity index (χ3n) is 5.71. The average Bonchev–Trinajstić information content (AvgIpc) is 2.85. The molecule has 1 aromatic heterocycles. The van der Waals surface area contributed by atoms with Gasteiger partial charge >= 0.3 is 0 Å². The van der Waals surface area contributed by atoms with Crippen molar-refractivity contribution in [3.05, 3.63) is 82.0 Å². The molecule has 2 heterocycles. The Hall–Kier alpha value is -3.76. The summed E-state index contributed by atoms with van der Waals surface area (Å²) in [6.07, 6.45) is 0. The molecule has 3 aromatic rings. The smallest absolute Gasteiger partial charge is 0.274 e. The summed E-state index contributed by atoms with van der Waals surface area (Å²) in [5, 5.41) is 23.4. The van der Waals surface area contributed by atoms with Gasteiger partial charge in [-0.2, -0.15) is 4.98 Å². The Kier molecular flexibility index (Phi) is 7.13. The summed E-state index contributed by atoms with van der Waals surface area (Å²) in [4.78, 5) is 37.8. The first-order chi connectivity index (χ1) is 16.7.